The Hall–Kier alpha value is -5.00. The molecule has 2 saturated heterocycles. The molecular formula is C40H38ClN7O3. The molecule has 8 rings (SSSR count). The number of aliphatic carboxylic acids is 1. The van der Waals surface area contributed by atoms with E-state index in [1.807, 2.05) is 54.9 Å². The smallest absolute Gasteiger partial charge is 0.309 e. The van der Waals surface area contributed by atoms with Gasteiger partial charge in [-0.25, -0.2) is 4.98 Å². The van der Waals surface area contributed by atoms with Crippen molar-refractivity contribution in [2.45, 2.75) is 39.0 Å². The number of hydrogen-bond acceptors (Lipinski definition) is 9. The number of β-amino-alcohol motifs (C(OH)–C–C–N with tert-alkyl or cyclic N) is 1. The first-order chi connectivity index (χ1) is 24.8. The zero-order valence-corrected chi connectivity index (χ0v) is 29.0. The van der Waals surface area contributed by atoms with Gasteiger partial charge < -0.3 is 15.5 Å². The number of nitrogens with one attached hydrogen (secondary N) is 1. The summed E-state index contributed by atoms with van der Waals surface area (Å²) in [4.78, 5) is 34.5. The van der Waals surface area contributed by atoms with Gasteiger partial charge in [-0.15, -0.1) is 0 Å². The molecule has 0 bridgehead atoms. The Morgan fingerprint density at radius 1 is 0.863 bits per heavy atom. The number of carboxylic acids is 1. The van der Waals surface area contributed by atoms with Crippen molar-refractivity contribution < 1.29 is 15.0 Å². The molecule has 0 spiro atoms. The number of benzene rings is 2. The molecule has 0 radical (unpaired) electrons. The lowest BCUT2D eigenvalue weighted by molar-refractivity contribution is -0.147. The van der Waals surface area contributed by atoms with Crippen LogP contribution in [0.25, 0.3) is 32.9 Å². The first-order valence-corrected chi connectivity index (χ1v) is 17.6. The number of aliphatic hydroxyl groups is 1. The number of pyridine rings is 4. The molecule has 2 fully saturated rings. The Morgan fingerprint density at radius 3 is 2.29 bits per heavy atom. The maximum absolute atomic E-state index is 11.2. The first kappa shape index (κ1) is 33.2. The van der Waals surface area contributed by atoms with Gasteiger partial charge in [0.25, 0.3) is 0 Å². The van der Waals surface area contributed by atoms with Gasteiger partial charge in [-0.2, -0.15) is 0 Å². The Labute approximate surface area is 300 Å². The fourth-order valence-electron chi connectivity index (χ4n) is 7.29. The van der Waals surface area contributed by atoms with Crippen LogP contribution in [0, 0.1) is 12.8 Å². The molecule has 2 aliphatic rings. The Kier molecular flexibility index (Phi) is 9.08. The molecular weight excluding hydrogens is 662 g/mol. The standard InChI is InChI=1S/C40H38ClN7O3/c1-24-32(5-3-7-34(24)46-39-38-29(9-12-43-39)15-25(18-45-38)19-47-13-10-31(49)23-47)33-6-2-4-27(36(33)41)16-35-37-28(8-11-42-35)14-26(17-44-37)20-48-21-30(22-48)40(50)51/h2-9,11-12,14-15,17-18,30-31,49H,10,13,16,19-23H2,1H3,(H,43,46)(H,50,51)/t31-/m1/s1. The van der Waals surface area contributed by atoms with Crippen LogP contribution in [-0.4, -0.2) is 78.2 Å². The number of carboxylic acid groups (broad SMARTS) is 1. The normalized spacial score (nSPS) is 16.9. The van der Waals surface area contributed by atoms with Gasteiger partial charge in [0.2, 0.25) is 0 Å². The van der Waals surface area contributed by atoms with Gasteiger partial charge in [0, 0.05) is 92.5 Å². The molecule has 4 aromatic heterocycles. The van der Waals surface area contributed by atoms with Crippen LogP contribution < -0.4 is 5.32 Å². The van der Waals surface area contributed by atoms with Crippen LogP contribution in [0.3, 0.4) is 0 Å². The predicted octanol–water partition coefficient (Wildman–Crippen LogP) is 6.62. The third-order valence-electron chi connectivity index (χ3n) is 10.1. The lowest BCUT2D eigenvalue weighted by Crippen LogP contribution is -2.49. The molecule has 0 amide bonds. The van der Waals surface area contributed by atoms with Crippen LogP contribution in [-0.2, 0) is 24.3 Å². The molecule has 3 N–H and O–H groups in total. The predicted molar refractivity (Wildman–Crippen MR) is 199 cm³/mol. The maximum atomic E-state index is 11.2. The van der Waals surface area contributed by atoms with Crippen LogP contribution in [0.4, 0.5) is 11.5 Å². The van der Waals surface area contributed by atoms with Crippen molar-refractivity contribution in [3.8, 4) is 11.1 Å². The Bertz CT molecular complexity index is 2280. The summed E-state index contributed by atoms with van der Waals surface area (Å²) in [5.74, 6) is -0.336. The summed E-state index contributed by atoms with van der Waals surface area (Å²) in [7, 11) is 0. The minimum absolute atomic E-state index is 0.248. The highest BCUT2D eigenvalue weighted by molar-refractivity contribution is 6.34. The minimum Gasteiger partial charge on any atom is -0.481 e. The number of halogens is 1. The first-order valence-electron chi connectivity index (χ1n) is 17.2. The molecule has 11 heteroatoms. The summed E-state index contributed by atoms with van der Waals surface area (Å²) in [6, 6.07) is 20.5. The number of nitrogens with zero attached hydrogens (tertiary/aromatic N) is 6. The van der Waals surface area contributed by atoms with Crippen LogP contribution in [0.5, 0.6) is 0 Å². The topological polar surface area (TPSA) is 128 Å². The molecule has 10 nitrogen and oxygen atoms in total. The summed E-state index contributed by atoms with van der Waals surface area (Å²) in [6.07, 6.45) is 8.45. The van der Waals surface area contributed by atoms with E-state index in [2.05, 4.69) is 45.2 Å². The van der Waals surface area contributed by atoms with Crippen LogP contribution >= 0.6 is 11.6 Å². The number of aromatic nitrogens is 4. The summed E-state index contributed by atoms with van der Waals surface area (Å²) in [5, 5.41) is 25.3. The molecule has 0 saturated carbocycles. The highest BCUT2D eigenvalue weighted by Gasteiger charge is 2.32. The van der Waals surface area contributed by atoms with Crippen LogP contribution in [0.2, 0.25) is 5.02 Å². The molecule has 6 heterocycles. The molecule has 1 atom stereocenters. The van der Waals surface area contributed by atoms with Gasteiger partial charge in [0.05, 0.1) is 28.3 Å². The van der Waals surface area contributed by atoms with Crippen molar-refractivity contribution in [2.24, 2.45) is 5.92 Å². The van der Waals surface area contributed by atoms with E-state index < -0.39 is 5.97 Å². The zero-order chi connectivity index (χ0) is 35.1. The van der Waals surface area contributed by atoms with Crippen molar-refractivity contribution in [1.82, 2.24) is 29.7 Å². The van der Waals surface area contributed by atoms with Gasteiger partial charge >= 0.3 is 5.97 Å². The lowest BCUT2D eigenvalue weighted by atomic mass is 9.95. The fraction of sp³-hybridized carbons (Fsp3) is 0.275. The van der Waals surface area contributed by atoms with Crippen LogP contribution in [0.1, 0.15) is 34.4 Å². The van der Waals surface area contributed by atoms with Crippen molar-refractivity contribution in [3.63, 3.8) is 0 Å². The van der Waals surface area contributed by atoms with E-state index in [0.29, 0.717) is 43.4 Å². The lowest BCUT2D eigenvalue weighted by Gasteiger charge is -2.36. The van der Waals surface area contributed by atoms with E-state index in [4.69, 9.17) is 26.6 Å². The number of fused-ring (bicyclic) bond motifs is 2. The monoisotopic (exact) mass is 699 g/mol. The number of likely N-dealkylation sites (tertiary alicyclic amines) is 2. The largest absolute Gasteiger partial charge is 0.481 e. The molecule has 258 valence electrons. The Balaban J connectivity index is 1.02. The molecule has 0 unspecified atom stereocenters. The highest BCUT2D eigenvalue weighted by Crippen LogP contribution is 2.37. The summed E-state index contributed by atoms with van der Waals surface area (Å²) in [6.45, 7) is 6.22. The van der Waals surface area contributed by atoms with E-state index in [1.54, 1.807) is 12.4 Å². The average molecular weight is 700 g/mol. The number of carbonyl (C=O) groups is 1. The van der Waals surface area contributed by atoms with Gasteiger partial charge in [0.1, 0.15) is 5.52 Å². The number of anilines is 2. The second-order valence-corrected chi connectivity index (χ2v) is 14.1. The highest BCUT2D eigenvalue weighted by atomic mass is 35.5. The summed E-state index contributed by atoms with van der Waals surface area (Å²) in [5.41, 5.74) is 9.48. The zero-order valence-electron chi connectivity index (χ0n) is 28.3. The van der Waals surface area contributed by atoms with Gasteiger partial charge in [-0.3, -0.25) is 29.5 Å². The van der Waals surface area contributed by atoms with Gasteiger partial charge in [-0.1, -0.05) is 41.9 Å². The van der Waals surface area contributed by atoms with Gasteiger partial charge in [0.15, 0.2) is 5.82 Å². The van der Waals surface area contributed by atoms with E-state index in [1.165, 1.54) is 0 Å². The molecule has 51 heavy (non-hydrogen) atoms. The van der Waals surface area contributed by atoms with Gasteiger partial charge in [-0.05, 0) is 71.5 Å². The Morgan fingerprint density at radius 2 is 1.55 bits per heavy atom. The molecule has 0 aliphatic carbocycles. The summed E-state index contributed by atoms with van der Waals surface area (Å²) < 4.78 is 0. The van der Waals surface area contributed by atoms with Crippen molar-refractivity contribution >= 4 is 50.9 Å². The number of aliphatic hydroxyl groups excluding tert-OH is 1. The number of hydrogen-bond donors (Lipinski definition) is 3. The van der Waals surface area contributed by atoms with E-state index in [9.17, 15) is 15.0 Å². The minimum atomic E-state index is -0.734. The third-order valence-corrected chi connectivity index (χ3v) is 10.5. The maximum Gasteiger partial charge on any atom is 0.309 e. The van der Waals surface area contributed by atoms with E-state index in [-0.39, 0.29) is 12.0 Å². The number of rotatable bonds is 10. The van der Waals surface area contributed by atoms with E-state index in [0.717, 1.165) is 86.1 Å². The van der Waals surface area contributed by atoms with E-state index >= 15 is 0 Å². The molecule has 2 aromatic carbocycles. The quantitative estimate of drug-likeness (QED) is 0.144. The van der Waals surface area contributed by atoms with Crippen molar-refractivity contribution in [2.75, 3.05) is 31.5 Å². The molecule has 2 aliphatic heterocycles. The third kappa shape index (κ3) is 6.88. The molecule has 6 aromatic rings. The van der Waals surface area contributed by atoms with Crippen LogP contribution in [0.15, 0.2) is 85.5 Å². The summed E-state index contributed by atoms with van der Waals surface area (Å²) >= 11 is 7.17. The van der Waals surface area contributed by atoms with Crippen molar-refractivity contribution in [1.29, 1.82) is 0 Å². The average Bonchev–Trinajstić information content (AvgIpc) is 3.52. The second-order valence-electron chi connectivity index (χ2n) is 13.7. The second kappa shape index (κ2) is 14.0. The SMILES string of the molecule is Cc1c(Nc2nccc3cc(CN4CC[C@@H](O)C4)cnc23)cccc1-c1cccc(Cc2nccc3cc(CN4CC(C(=O)O)C4)cnc23)c1Cl. The fourth-order valence-corrected chi connectivity index (χ4v) is 7.58. The van der Waals surface area contributed by atoms with Crippen molar-refractivity contribution in [3.05, 3.63) is 118 Å².